The predicted molar refractivity (Wildman–Crippen MR) is 112 cm³/mol. The van der Waals surface area contributed by atoms with Gasteiger partial charge in [0.2, 0.25) is 0 Å². The van der Waals surface area contributed by atoms with Crippen LogP contribution in [0.15, 0.2) is 22.5 Å². The molecule has 6 heteroatoms. The number of Topliss-reactive ketones (excluding diaryl/α,β-unsaturated/α-hetero) is 1. The Morgan fingerprint density at radius 3 is 2.96 bits per heavy atom. The number of ketones is 1. The van der Waals surface area contributed by atoms with Crippen molar-refractivity contribution >= 4 is 50.4 Å². The Labute approximate surface area is 166 Å². The van der Waals surface area contributed by atoms with Gasteiger partial charge in [0.1, 0.15) is 15.7 Å². The second-order valence-electron chi connectivity index (χ2n) is 7.26. The van der Waals surface area contributed by atoms with Gasteiger partial charge in [0.05, 0.1) is 10.6 Å². The average molecular weight is 403 g/mol. The van der Waals surface area contributed by atoms with Gasteiger partial charge in [0.15, 0.2) is 5.78 Å². The Morgan fingerprint density at radius 1 is 1.38 bits per heavy atom. The van der Waals surface area contributed by atoms with Crippen LogP contribution in [0.1, 0.15) is 59.0 Å². The van der Waals surface area contributed by atoms with E-state index in [2.05, 4.69) is 20.8 Å². The fourth-order valence-corrected chi connectivity index (χ4v) is 6.49. The molecule has 0 N–H and O–H groups in total. The lowest BCUT2D eigenvalue weighted by Gasteiger charge is -2.18. The molecule has 0 amide bonds. The van der Waals surface area contributed by atoms with Crippen molar-refractivity contribution in [3.8, 4) is 0 Å². The summed E-state index contributed by atoms with van der Waals surface area (Å²) >= 11 is 4.92. The Kier molecular flexibility index (Phi) is 5.17. The first-order chi connectivity index (χ1) is 12.5. The van der Waals surface area contributed by atoms with Gasteiger partial charge in [-0.2, -0.15) is 0 Å². The lowest BCUT2D eigenvalue weighted by atomic mass is 9.89. The first-order valence-electron chi connectivity index (χ1n) is 9.04. The first-order valence-corrected chi connectivity index (χ1v) is 11.7. The highest BCUT2D eigenvalue weighted by atomic mass is 32.2. The zero-order valence-corrected chi connectivity index (χ0v) is 17.7. The Balaban J connectivity index is 1.72. The SMILES string of the molecule is CC(C)c1nc(SCC(=O)c2cccs2)c2c3c(sc2n1)C[C@@H](C)CC3. The normalized spacial score (nSPS) is 17.0. The van der Waals surface area contributed by atoms with Crippen molar-refractivity contribution in [2.45, 2.75) is 51.0 Å². The number of thiophene rings is 2. The summed E-state index contributed by atoms with van der Waals surface area (Å²) in [5, 5.41) is 4.16. The summed E-state index contributed by atoms with van der Waals surface area (Å²) in [7, 11) is 0. The van der Waals surface area contributed by atoms with E-state index < -0.39 is 0 Å². The average Bonchev–Trinajstić information content (AvgIpc) is 3.26. The van der Waals surface area contributed by atoms with Gasteiger partial charge < -0.3 is 0 Å². The van der Waals surface area contributed by atoms with Crippen molar-refractivity contribution < 1.29 is 4.79 Å². The molecule has 136 valence electrons. The van der Waals surface area contributed by atoms with Gasteiger partial charge in [0, 0.05) is 16.2 Å². The van der Waals surface area contributed by atoms with E-state index in [0.717, 1.165) is 39.3 Å². The third-order valence-corrected chi connectivity index (χ3v) is 7.83. The van der Waals surface area contributed by atoms with Crippen molar-refractivity contribution in [1.82, 2.24) is 9.97 Å². The van der Waals surface area contributed by atoms with Crippen molar-refractivity contribution in [2.75, 3.05) is 5.75 Å². The number of nitrogens with zero attached hydrogens (tertiary/aromatic N) is 2. The summed E-state index contributed by atoms with van der Waals surface area (Å²) in [5.74, 6) is 2.52. The number of rotatable bonds is 5. The Bertz CT molecular complexity index is 944. The minimum Gasteiger partial charge on any atom is -0.292 e. The number of fused-ring (bicyclic) bond motifs is 3. The van der Waals surface area contributed by atoms with Gasteiger partial charge in [-0.25, -0.2) is 9.97 Å². The van der Waals surface area contributed by atoms with E-state index in [1.807, 2.05) is 28.8 Å². The molecule has 3 aromatic rings. The van der Waals surface area contributed by atoms with Gasteiger partial charge in [-0.3, -0.25) is 4.79 Å². The molecule has 0 saturated heterocycles. The zero-order valence-electron chi connectivity index (χ0n) is 15.2. The van der Waals surface area contributed by atoms with Gasteiger partial charge in [-0.15, -0.1) is 22.7 Å². The molecule has 1 aliphatic carbocycles. The fraction of sp³-hybridized carbons (Fsp3) is 0.450. The van der Waals surface area contributed by atoms with Crippen LogP contribution in [0.2, 0.25) is 0 Å². The number of thioether (sulfide) groups is 1. The molecule has 0 spiro atoms. The Hall–Kier alpha value is -1.24. The van der Waals surface area contributed by atoms with Gasteiger partial charge >= 0.3 is 0 Å². The summed E-state index contributed by atoms with van der Waals surface area (Å²) in [6, 6.07) is 3.83. The van der Waals surface area contributed by atoms with E-state index >= 15 is 0 Å². The quantitative estimate of drug-likeness (QED) is 0.299. The molecular formula is C20H22N2OS3. The largest absolute Gasteiger partial charge is 0.292 e. The molecule has 0 unspecified atom stereocenters. The number of aryl methyl sites for hydroxylation is 1. The van der Waals surface area contributed by atoms with E-state index in [0.29, 0.717) is 5.75 Å². The van der Waals surface area contributed by atoms with Crippen molar-refractivity contribution in [3.63, 3.8) is 0 Å². The van der Waals surface area contributed by atoms with E-state index in [1.54, 1.807) is 11.8 Å². The summed E-state index contributed by atoms with van der Waals surface area (Å²) in [6.07, 6.45) is 3.47. The molecule has 3 nitrogen and oxygen atoms in total. The van der Waals surface area contributed by atoms with Crippen molar-refractivity contribution in [1.29, 1.82) is 0 Å². The summed E-state index contributed by atoms with van der Waals surface area (Å²) in [4.78, 5) is 25.6. The third kappa shape index (κ3) is 3.47. The van der Waals surface area contributed by atoms with Crippen LogP contribution in [0, 0.1) is 5.92 Å². The number of carbonyl (C=O) groups is 1. The molecule has 1 atom stereocenters. The van der Waals surface area contributed by atoms with Crippen LogP contribution in [0.4, 0.5) is 0 Å². The molecule has 3 heterocycles. The lowest BCUT2D eigenvalue weighted by Crippen LogP contribution is -2.09. The van der Waals surface area contributed by atoms with Gasteiger partial charge in [-0.05, 0) is 42.2 Å². The second-order valence-corrected chi connectivity index (χ2v) is 10.3. The van der Waals surface area contributed by atoms with Crippen LogP contribution in [-0.4, -0.2) is 21.5 Å². The van der Waals surface area contributed by atoms with Crippen LogP contribution in [0.5, 0.6) is 0 Å². The van der Waals surface area contributed by atoms with Crippen LogP contribution in [0.3, 0.4) is 0 Å². The maximum absolute atomic E-state index is 12.5. The van der Waals surface area contributed by atoms with E-state index in [4.69, 9.17) is 9.97 Å². The van der Waals surface area contributed by atoms with Crippen LogP contribution in [-0.2, 0) is 12.8 Å². The van der Waals surface area contributed by atoms with Crippen molar-refractivity contribution in [2.24, 2.45) is 5.92 Å². The molecule has 0 bridgehead atoms. The fourth-order valence-electron chi connectivity index (χ4n) is 3.33. The molecule has 4 rings (SSSR count). The minimum absolute atomic E-state index is 0.181. The zero-order chi connectivity index (χ0) is 18.3. The first kappa shape index (κ1) is 18.1. The van der Waals surface area contributed by atoms with E-state index in [9.17, 15) is 4.79 Å². The molecule has 26 heavy (non-hydrogen) atoms. The predicted octanol–water partition coefficient (Wildman–Crippen LogP) is 5.98. The topological polar surface area (TPSA) is 42.9 Å². The lowest BCUT2D eigenvalue weighted by molar-refractivity contribution is 0.102. The van der Waals surface area contributed by atoms with Crippen LogP contribution in [0.25, 0.3) is 10.2 Å². The third-order valence-electron chi connectivity index (χ3n) is 4.79. The molecule has 0 fully saturated rings. The van der Waals surface area contributed by atoms with Crippen LogP contribution >= 0.6 is 34.4 Å². The number of aromatic nitrogens is 2. The number of hydrogen-bond acceptors (Lipinski definition) is 6. The monoisotopic (exact) mass is 402 g/mol. The molecule has 3 aromatic heterocycles. The summed E-state index contributed by atoms with van der Waals surface area (Å²) in [6.45, 7) is 6.58. The van der Waals surface area contributed by atoms with Gasteiger partial charge in [-0.1, -0.05) is 38.6 Å². The van der Waals surface area contributed by atoms with E-state index in [-0.39, 0.29) is 11.7 Å². The molecule has 0 saturated carbocycles. The minimum atomic E-state index is 0.181. The van der Waals surface area contributed by atoms with E-state index in [1.165, 1.54) is 33.6 Å². The highest BCUT2D eigenvalue weighted by Crippen LogP contribution is 2.41. The van der Waals surface area contributed by atoms with Gasteiger partial charge in [0.25, 0.3) is 0 Å². The standard InChI is InChI=1S/C20H22N2OS3/c1-11(2)18-21-19(25-10-14(23)15-5-4-8-24-15)17-13-7-6-12(3)9-16(13)26-20(17)22-18/h4-5,8,11-12H,6-7,9-10H2,1-3H3/t12-/m0/s1. The highest BCUT2D eigenvalue weighted by Gasteiger charge is 2.25. The smallest absolute Gasteiger partial charge is 0.183 e. The molecule has 0 radical (unpaired) electrons. The highest BCUT2D eigenvalue weighted by molar-refractivity contribution is 8.00. The summed E-state index contributed by atoms with van der Waals surface area (Å²) < 4.78 is 0. The maximum Gasteiger partial charge on any atom is 0.183 e. The second kappa shape index (κ2) is 7.41. The summed E-state index contributed by atoms with van der Waals surface area (Å²) in [5.41, 5.74) is 1.43. The number of hydrogen-bond donors (Lipinski definition) is 0. The molecule has 0 aliphatic heterocycles. The number of carbonyl (C=O) groups excluding carboxylic acids is 1. The Morgan fingerprint density at radius 2 is 2.23 bits per heavy atom. The van der Waals surface area contributed by atoms with Crippen LogP contribution < -0.4 is 0 Å². The van der Waals surface area contributed by atoms with Crippen molar-refractivity contribution in [3.05, 3.63) is 38.7 Å². The molecule has 0 aromatic carbocycles. The molecule has 1 aliphatic rings. The maximum atomic E-state index is 12.5. The molecular weight excluding hydrogens is 380 g/mol.